The van der Waals surface area contributed by atoms with Crippen LogP contribution in [0.2, 0.25) is 0 Å². The van der Waals surface area contributed by atoms with Crippen molar-refractivity contribution in [2.45, 2.75) is 51.7 Å². The van der Waals surface area contributed by atoms with Crippen LogP contribution >= 0.6 is 0 Å². The minimum absolute atomic E-state index is 0.00245. The van der Waals surface area contributed by atoms with E-state index in [0.29, 0.717) is 0 Å². The Bertz CT molecular complexity index is 559. The molecule has 2 atom stereocenters. The van der Waals surface area contributed by atoms with E-state index in [0.717, 1.165) is 48.2 Å². The summed E-state index contributed by atoms with van der Waals surface area (Å²) in [4.78, 5) is 0. The van der Waals surface area contributed by atoms with E-state index in [2.05, 4.69) is 26.0 Å². The fraction of sp³-hybridized carbons (Fsp3) is 0.400. The molecular formula is C20H28N2O. The average molecular weight is 312 g/mol. The molecule has 2 rings (SSSR count). The largest absolute Gasteiger partial charge is 0.398 e. The molecule has 2 aromatic carbocycles. The maximum Gasteiger partial charge on any atom is 0.0853 e. The van der Waals surface area contributed by atoms with Crippen LogP contribution in [0.1, 0.15) is 62.9 Å². The second-order valence-electron chi connectivity index (χ2n) is 5.95. The molecule has 124 valence electrons. The van der Waals surface area contributed by atoms with Crippen molar-refractivity contribution >= 4 is 11.4 Å². The van der Waals surface area contributed by atoms with Crippen LogP contribution in [0.25, 0.3) is 0 Å². The van der Waals surface area contributed by atoms with E-state index in [1.165, 1.54) is 0 Å². The second kappa shape index (κ2) is 8.59. The third kappa shape index (κ3) is 4.49. The molecule has 0 saturated heterocycles. The van der Waals surface area contributed by atoms with Gasteiger partial charge in [0.05, 0.1) is 12.2 Å². The van der Waals surface area contributed by atoms with Gasteiger partial charge in [-0.25, -0.2) is 0 Å². The number of rotatable bonds is 8. The summed E-state index contributed by atoms with van der Waals surface area (Å²) >= 11 is 0. The number of nitrogen functional groups attached to an aromatic ring is 2. The molecule has 0 radical (unpaired) electrons. The summed E-state index contributed by atoms with van der Waals surface area (Å²) in [6, 6.07) is 16.0. The normalized spacial score (nSPS) is 13.7. The van der Waals surface area contributed by atoms with Crippen molar-refractivity contribution in [3.63, 3.8) is 0 Å². The summed E-state index contributed by atoms with van der Waals surface area (Å²) in [6.07, 6.45) is 3.97. The number of hydrogen-bond donors (Lipinski definition) is 2. The highest BCUT2D eigenvalue weighted by Gasteiger charge is 2.21. The number of hydrogen-bond acceptors (Lipinski definition) is 3. The highest BCUT2D eigenvalue weighted by molar-refractivity contribution is 5.49. The van der Waals surface area contributed by atoms with E-state index in [9.17, 15) is 0 Å². The van der Waals surface area contributed by atoms with Gasteiger partial charge in [-0.3, -0.25) is 0 Å². The van der Waals surface area contributed by atoms with E-state index in [-0.39, 0.29) is 12.2 Å². The van der Waals surface area contributed by atoms with Crippen LogP contribution in [0, 0.1) is 0 Å². The lowest BCUT2D eigenvalue weighted by Gasteiger charge is -2.27. The molecule has 0 heterocycles. The molecule has 0 aromatic heterocycles. The van der Waals surface area contributed by atoms with Gasteiger partial charge in [-0.1, -0.05) is 63.1 Å². The quantitative estimate of drug-likeness (QED) is 0.654. The summed E-state index contributed by atoms with van der Waals surface area (Å²) in [6.45, 7) is 4.34. The predicted molar refractivity (Wildman–Crippen MR) is 98.1 cm³/mol. The van der Waals surface area contributed by atoms with Gasteiger partial charge in [0.25, 0.3) is 0 Å². The van der Waals surface area contributed by atoms with Crippen LogP contribution in [-0.2, 0) is 4.74 Å². The first-order valence-corrected chi connectivity index (χ1v) is 8.51. The maximum absolute atomic E-state index is 6.51. The molecule has 2 unspecified atom stereocenters. The van der Waals surface area contributed by atoms with Crippen molar-refractivity contribution in [1.29, 1.82) is 0 Å². The Morgan fingerprint density at radius 1 is 0.739 bits per heavy atom. The van der Waals surface area contributed by atoms with Gasteiger partial charge in [-0.15, -0.1) is 0 Å². The standard InChI is InChI=1S/C20H28N2O/c1-3-9-19(15-11-5-7-13-17(15)21)23-20(10-4-2)16-12-6-8-14-18(16)22/h5-8,11-14,19-20H,3-4,9-10,21-22H2,1-2H3. The lowest BCUT2D eigenvalue weighted by molar-refractivity contribution is -0.0239. The van der Waals surface area contributed by atoms with Crippen molar-refractivity contribution in [3.05, 3.63) is 59.7 Å². The predicted octanol–water partition coefficient (Wildman–Crippen LogP) is 5.25. The third-order valence-electron chi connectivity index (χ3n) is 4.12. The van der Waals surface area contributed by atoms with Crippen LogP contribution in [0.4, 0.5) is 11.4 Å². The molecule has 23 heavy (non-hydrogen) atoms. The van der Waals surface area contributed by atoms with E-state index < -0.39 is 0 Å². The Labute approximate surface area is 139 Å². The van der Waals surface area contributed by atoms with Crippen molar-refractivity contribution in [3.8, 4) is 0 Å². The topological polar surface area (TPSA) is 61.3 Å². The SMILES string of the molecule is CCCC(OC(CCC)c1ccccc1N)c1ccccc1N. The zero-order chi connectivity index (χ0) is 16.7. The molecule has 0 aliphatic carbocycles. The van der Waals surface area contributed by atoms with Crippen molar-refractivity contribution < 1.29 is 4.74 Å². The summed E-state index contributed by atoms with van der Waals surface area (Å²) in [5.41, 5.74) is 16.1. The number of ether oxygens (including phenoxy) is 1. The van der Waals surface area contributed by atoms with Gasteiger partial charge in [0.15, 0.2) is 0 Å². The Morgan fingerprint density at radius 2 is 1.13 bits per heavy atom. The fourth-order valence-electron chi connectivity index (χ4n) is 2.92. The highest BCUT2D eigenvalue weighted by atomic mass is 16.5. The van der Waals surface area contributed by atoms with Crippen LogP contribution in [0.15, 0.2) is 48.5 Å². The van der Waals surface area contributed by atoms with Gasteiger partial charge < -0.3 is 16.2 Å². The lowest BCUT2D eigenvalue weighted by atomic mass is 10.00. The molecule has 0 spiro atoms. The average Bonchev–Trinajstić information content (AvgIpc) is 2.55. The fourth-order valence-corrected chi connectivity index (χ4v) is 2.92. The monoisotopic (exact) mass is 312 g/mol. The number of nitrogens with two attached hydrogens (primary N) is 2. The van der Waals surface area contributed by atoms with Gasteiger partial charge in [0.2, 0.25) is 0 Å². The number of benzene rings is 2. The van der Waals surface area contributed by atoms with Crippen LogP contribution in [-0.4, -0.2) is 0 Å². The summed E-state index contributed by atoms with van der Waals surface area (Å²) in [7, 11) is 0. The van der Waals surface area contributed by atoms with Gasteiger partial charge >= 0.3 is 0 Å². The zero-order valence-corrected chi connectivity index (χ0v) is 14.2. The molecule has 3 heteroatoms. The minimum Gasteiger partial charge on any atom is -0.398 e. The van der Waals surface area contributed by atoms with Gasteiger partial charge in [0.1, 0.15) is 0 Å². The smallest absolute Gasteiger partial charge is 0.0853 e. The van der Waals surface area contributed by atoms with Gasteiger partial charge in [0, 0.05) is 22.5 Å². The first kappa shape index (κ1) is 17.4. The number of anilines is 2. The zero-order valence-electron chi connectivity index (χ0n) is 14.2. The molecule has 0 aliphatic heterocycles. The van der Waals surface area contributed by atoms with Gasteiger partial charge in [-0.05, 0) is 25.0 Å². The lowest BCUT2D eigenvalue weighted by Crippen LogP contribution is -2.13. The molecule has 0 saturated carbocycles. The summed E-state index contributed by atoms with van der Waals surface area (Å²) in [5.74, 6) is 0. The van der Waals surface area contributed by atoms with E-state index in [1.807, 2.05) is 36.4 Å². The molecular weight excluding hydrogens is 284 g/mol. The highest BCUT2D eigenvalue weighted by Crippen LogP contribution is 2.36. The Balaban J connectivity index is 2.28. The van der Waals surface area contributed by atoms with E-state index in [4.69, 9.17) is 16.2 Å². The van der Waals surface area contributed by atoms with Crippen molar-refractivity contribution in [2.75, 3.05) is 11.5 Å². The Morgan fingerprint density at radius 3 is 1.48 bits per heavy atom. The minimum atomic E-state index is -0.00245. The molecule has 2 aromatic rings. The first-order valence-electron chi connectivity index (χ1n) is 8.51. The van der Waals surface area contributed by atoms with Gasteiger partial charge in [-0.2, -0.15) is 0 Å². The Hall–Kier alpha value is -2.00. The molecule has 0 bridgehead atoms. The maximum atomic E-state index is 6.51. The van der Waals surface area contributed by atoms with E-state index in [1.54, 1.807) is 0 Å². The molecule has 0 aliphatic rings. The summed E-state index contributed by atoms with van der Waals surface area (Å²) < 4.78 is 6.51. The third-order valence-corrected chi connectivity index (χ3v) is 4.12. The summed E-state index contributed by atoms with van der Waals surface area (Å²) in [5, 5.41) is 0. The van der Waals surface area contributed by atoms with Crippen LogP contribution in [0.3, 0.4) is 0 Å². The molecule has 0 amide bonds. The van der Waals surface area contributed by atoms with Crippen LogP contribution in [0.5, 0.6) is 0 Å². The molecule has 3 nitrogen and oxygen atoms in total. The first-order chi connectivity index (χ1) is 11.2. The molecule has 4 N–H and O–H groups in total. The second-order valence-corrected chi connectivity index (χ2v) is 5.95. The van der Waals surface area contributed by atoms with Crippen LogP contribution < -0.4 is 11.5 Å². The van der Waals surface area contributed by atoms with Crippen molar-refractivity contribution in [2.24, 2.45) is 0 Å². The molecule has 0 fully saturated rings. The Kier molecular flexibility index (Phi) is 6.48. The number of para-hydroxylation sites is 2. The van der Waals surface area contributed by atoms with E-state index >= 15 is 0 Å². The van der Waals surface area contributed by atoms with Crippen molar-refractivity contribution in [1.82, 2.24) is 0 Å².